The molecule has 0 spiro atoms. The van der Waals surface area contributed by atoms with Crippen LogP contribution in [0, 0.1) is 0 Å². The van der Waals surface area contributed by atoms with Crippen LogP contribution >= 0.6 is 0 Å². The number of carbonyl (C=O) groups is 2. The van der Waals surface area contributed by atoms with Crippen molar-refractivity contribution in [3.8, 4) is 79.0 Å². The van der Waals surface area contributed by atoms with Crippen LogP contribution in [0.5, 0.6) is 34.5 Å². The molecular weight excluding hydrogens is 741 g/mol. The predicted octanol–water partition coefficient (Wildman–Crippen LogP) is 12.8. The molecule has 0 aromatic heterocycles. The van der Waals surface area contributed by atoms with Gasteiger partial charge in [0, 0.05) is 22.5 Å². The van der Waals surface area contributed by atoms with Gasteiger partial charge in [-0.1, -0.05) is 109 Å². The van der Waals surface area contributed by atoms with Crippen LogP contribution in [-0.4, -0.2) is 22.4 Å². The maximum absolute atomic E-state index is 13.2. The topological polar surface area (TPSA) is 126 Å². The van der Waals surface area contributed by atoms with Gasteiger partial charge in [0.2, 0.25) is 0 Å². The Hall–Kier alpha value is -8.30. The summed E-state index contributed by atoms with van der Waals surface area (Å²) in [5, 5.41) is 25.8. The molecule has 8 aromatic rings. The first-order valence-electron chi connectivity index (χ1n) is 18.7. The van der Waals surface area contributed by atoms with E-state index in [1.807, 2.05) is 84.9 Å². The van der Waals surface area contributed by atoms with Gasteiger partial charge in [0.05, 0.1) is 0 Å². The number of aromatic hydroxyl groups is 2. The zero-order chi connectivity index (χ0) is 40.6. The Labute approximate surface area is 340 Å². The number of rotatable bonds is 10. The number of phenolic OH excluding ortho intramolecular Hbond substituents is 2. The fourth-order valence-electron chi connectivity index (χ4n) is 6.49. The van der Waals surface area contributed by atoms with E-state index in [4.69, 9.17) is 14.2 Å². The molecule has 0 unspecified atom stereocenters. The summed E-state index contributed by atoms with van der Waals surface area (Å²) in [4.78, 5) is 26.3. The highest BCUT2D eigenvalue weighted by Gasteiger charge is 2.17. The molecule has 0 saturated carbocycles. The monoisotopic (exact) mass is 776 g/mol. The summed E-state index contributed by atoms with van der Waals surface area (Å²) in [6.45, 7) is 0. The van der Waals surface area contributed by atoms with Crippen LogP contribution in [0.4, 0.5) is 21.0 Å². The normalized spacial score (nSPS) is 10.6. The number of benzene rings is 8. The molecule has 9 nitrogen and oxygen atoms in total. The van der Waals surface area contributed by atoms with Gasteiger partial charge in [-0.15, -0.1) is 0 Å². The zero-order valence-electron chi connectivity index (χ0n) is 31.4. The molecule has 0 aliphatic carbocycles. The van der Waals surface area contributed by atoms with Crippen molar-refractivity contribution in [3.63, 3.8) is 0 Å². The lowest BCUT2D eigenvalue weighted by Crippen LogP contribution is -2.16. The average molecular weight is 777 g/mol. The summed E-state index contributed by atoms with van der Waals surface area (Å²) >= 11 is 0. The van der Waals surface area contributed by atoms with Crippen LogP contribution in [0.1, 0.15) is 0 Å². The molecule has 8 rings (SSSR count). The van der Waals surface area contributed by atoms with E-state index in [1.165, 1.54) is 0 Å². The highest BCUT2D eigenvalue weighted by Crippen LogP contribution is 2.41. The molecular formula is C50H36N2O7. The average Bonchev–Trinajstić information content (AvgIpc) is 3.26. The van der Waals surface area contributed by atoms with Gasteiger partial charge in [-0.3, -0.25) is 10.6 Å². The van der Waals surface area contributed by atoms with Crippen LogP contribution in [0.2, 0.25) is 0 Å². The number of carbonyl (C=O) groups excluding carboxylic acids is 2. The molecule has 0 aliphatic rings. The summed E-state index contributed by atoms with van der Waals surface area (Å²) in [7, 11) is 0. The van der Waals surface area contributed by atoms with E-state index in [2.05, 4.69) is 10.6 Å². The summed E-state index contributed by atoms with van der Waals surface area (Å²) < 4.78 is 17.9. The highest BCUT2D eigenvalue weighted by molar-refractivity contribution is 5.90. The van der Waals surface area contributed by atoms with Gasteiger partial charge in [0.15, 0.2) is 0 Å². The van der Waals surface area contributed by atoms with E-state index in [-0.39, 0.29) is 11.5 Å². The van der Waals surface area contributed by atoms with Crippen molar-refractivity contribution < 1.29 is 34.0 Å². The van der Waals surface area contributed by atoms with Gasteiger partial charge in [-0.25, -0.2) is 9.59 Å². The third kappa shape index (κ3) is 9.40. The van der Waals surface area contributed by atoms with Crippen molar-refractivity contribution in [2.75, 3.05) is 10.6 Å². The van der Waals surface area contributed by atoms with Crippen LogP contribution in [0.3, 0.4) is 0 Å². The van der Waals surface area contributed by atoms with Crippen LogP contribution < -0.4 is 24.8 Å². The summed E-state index contributed by atoms with van der Waals surface area (Å²) in [6.07, 6.45) is -1.36. The third-order valence-corrected chi connectivity index (χ3v) is 9.33. The minimum atomic E-state index is -0.680. The van der Waals surface area contributed by atoms with Crippen molar-refractivity contribution in [3.05, 3.63) is 194 Å². The van der Waals surface area contributed by atoms with Crippen molar-refractivity contribution in [1.82, 2.24) is 0 Å². The van der Waals surface area contributed by atoms with Gasteiger partial charge in [-0.2, -0.15) is 0 Å². The lowest BCUT2D eigenvalue weighted by atomic mass is 10.0. The van der Waals surface area contributed by atoms with E-state index in [0.717, 1.165) is 22.3 Å². The third-order valence-electron chi connectivity index (χ3n) is 9.33. The Morgan fingerprint density at radius 3 is 1.17 bits per heavy atom. The van der Waals surface area contributed by atoms with Crippen molar-refractivity contribution >= 4 is 23.6 Å². The Bertz CT molecular complexity index is 2550. The fraction of sp³-hybridized carbons (Fsp3) is 0. The summed E-state index contributed by atoms with van der Waals surface area (Å²) in [6, 6.07) is 57.7. The molecule has 8 aromatic carbocycles. The predicted molar refractivity (Wildman–Crippen MR) is 230 cm³/mol. The number of amides is 2. The minimum Gasteiger partial charge on any atom is -0.508 e. The first-order chi connectivity index (χ1) is 28.8. The van der Waals surface area contributed by atoms with Gasteiger partial charge in [-0.05, 0) is 118 Å². The Morgan fingerprint density at radius 1 is 0.373 bits per heavy atom. The zero-order valence-corrected chi connectivity index (χ0v) is 31.4. The second-order valence-electron chi connectivity index (χ2n) is 13.4. The molecule has 59 heavy (non-hydrogen) atoms. The van der Waals surface area contributed by atoms with E-state index < -0.39 is 12.2 Å². The molecule has 9 heteroatoms. The number of phenols is 2. The highest BCUT2D eigenvalue weighted by atomic mass is 16.6. The van der Waals surface area contributed by atoms with Crippen molar-refractivity contribution in [2.24, 2.45) is 0 Å². The van der Waals surface area contributed by atoms with E-state index in [9.17, 15) is 19.8 Å². The Kier molecular flexibility index (Phi) is 11.0. The van der Waals surface area contributed by atoms with E-state index in [0.29, 0.717) is 56.6 Å². The molecule has 0 fully saturated rings. The molecule has 288 valence electrons. The lowest BCUT2D eigenvalue weighted by molar-refractivity contribution is 0.214. The van der Waals surface area contributed by atoms with Crippen molar-refractivity contribution in [2.45, 2.75) is 0 Å². The molecule has 0 heterocycles. The quantitative estimate of drug-likeness (QED) is 0.109. The van der Waals surface area contributed by atoms with E-state index in [1.54, 1.807) is 109 Å². The fourth-order valence-corrected chi connectivity index (χ4v) is 6.49. The summed E-state index contributed by atoms with van der Waals surface area (Å²) in [5.74, 6) is 1.81. The first-order valence-corrected chi connectivity index (χ1v) is 18.7. The molecule has 2 amide bonds. The van der Waals surface area contributed by atoms with E-state index >= 15 is 0 Å². The maximum atomic E-state index is 13.2. The van der Waals surface area contributed by atoms with Gasteiger partial charge >= 0.3 is 12.2 Å². The maximum Gasteiger partial charge on any atom is 0.417 e. The molecule has 0 saturated heterocycles. The molecule has 0 radical (unpaired) electrons. The second-order valence-corrected chi connectivity index (χ2v) is 13.4. The second kappa shape index (κ2) is 17.2. The number of hydrogen-bond acceptors (Lipinski definition) is 7. The van der Waals surface area contributed by atoms with Crippen LogP contribution in [0.15, 0.2) is 194 Å². The smallest absolute Gasteiger partial charge is 0.417 e. The molecule has 0 atom stereocenters. The standard InChI is InChI=1S/C50H36N2O7/c53-41-23-17-35(18-24-41)45-31-39(51-49(55)57-43-15-7-13-37(29-43)33-9-3-1-4-10-33)21-27-47(45)59-48-28-22-40(32-46(48)36-19-25-42(54)26-20-36)52-50(56)58-44-16-8-14-38(30-44)34-11-5-2-6-12-34/h1-32,53-54H,(H,51,55)(H,52,56). The summed E-state index contributed by atoms with van der Waals surface area (Å²) in [5.41, 5.74) is 7.31. The largest absolute Gasteiger partial charge is 0.508 e. The van der Waals surface area contributed by atoms with Crippen LogP contribution in [-0.2, 0) is 0 Å². The Balaban J connectivity index is 1.05. The number of ether oxygens (including phenoxy) is 3. The number of nitrogens with one attached hydrogen (secondary N) is 2. The first kappa shape index (κ1) is 37.6. The lowest BCUT2D eigenvalue weighted by Gasteiger charge is -2.17. The molecule has 4 N–H and O–H groups in total. The molecule has 0 aliphatic heterocycles. The van der Waals surface area contributed by atoms with Gasteiger partial charge in [0.1, 0.15) is 34.5 Å². The number of anilines is 2. The van der Waals surface area contributed by atoms with Crippen LogP contribution in [0.25, 0.3) is 44.5 Å². The SMILES string of the molecule is O=C(Nc1ccc(Oc2ccc(NC(=O)Oc3cccc(-c4ccccc4)c3)cc2-c2ccc(O)cc2)c(-c2ccc(O)cc2)c1)Oc1cccc(-c2ccccc2)c1. The molecule has 0 bridgehead atoms. The van der Waals surface area contributed by atoms with Gasteiger partial charge < -0.3 is 24.4 Å². The van der Waals surface area contributed by atoms with Gasteiger partial charge in [0.25, 0.3) is 0 Å². The van der Waals surface area contributed by atoms with Crippen molar-refractivity contribution in [1.29, 1.82) is 0 Å². The Morgan fingerprint density at radius 2 is 0.763 bits per heavy atom. The minimum absolute atomic E-state index is 0.0898. The number of hydrogen-bond donors (Lipinski definition) is 4.